The van der Waals surface area contributed by atoms with Gasteiger partial charge in [-0.1, -0.05) is 0 Å². The summed E-state index contributed by atoms with van der Waals surface area (Å²) in [4.78, 5) is 11.8. The van der Waals surface area contributed by atoms with Crippen LogP contribution in [0.25, 0.3) is 0 Å². The molecule has 7 heteroatoms. The Hall–Kier alpha value is -1.34. The van der Waals surface area contributed by atoms with Crippen LogP contribution in [0, 0.1) is 6.92 Å². The molecule has 1 aliphatic heterocycles. The summed E-state index contributed by atoms with van der Waals surface area (Å²) in [6.07, 6.45) is 1.80. The van der Waals surface area contributed by atoms with Crippen molar-refractivity contribution in [2.45, 2.75) is 65.7 Å². The third-order valence-corrected chi connectivity index (χ3v) is 4.49. The van der Waals surface area contributed by atoms with Crippen molar-refractivity contribution in [2.75, 3.05) is 6.61 Å². The number of aromatic nitrogens is 2. The molecule has 0 amide bonds. The molecule has 1 aromatic rings. The summed E-state index contributed by atoms with van der Waals surface area (Å²) < 4.78 is 18.7. The quantitative estimate of drug-likeness (QED) is 0.625. The highest BCUT2D eigenvalue weighted by Crippen LogP contribution is 2.36. The monoisotopic (exact) mass is 308 g/mol. The Kier molecular flexibility index (Phi) is 4.41. The Balaban J connectivity index is 2.23. The number of rotatable bonds is 4. The van der Waals surface area contributed by atoms with Gasteiger partial charge in [0.25, 0.3) is 0 Å². The zero-order chi connectivity index (χ0) is 16.7. The molecule has 0 aliphatic carbocycles. The molecule has 1 aliphatic rings. The first-order valence-corrected chi connectivity index (χ1v) is 7.67. The highest BCUT2D eigenvalue weighted by atomic mass is 16.7. The first-order valence-electron chi connectivity index (χ1n) is 7.67. The van der Waals surface area contributed by atoms with E-state index in [-0.39, 0.29) is 5.97 Å². The van der Waals surface area contributed by atoms with Gasteiger partial charge in [0.2, 0.25) is 0 Å². The van der Waals surface area contributed by atoms with Gasteiger partial charge >= 0.3 is 13.1 Å². The second-order valence-corrected chi connectivity index (χ2v) is 6.67. The first kappa shape index (κ1) is 17.0. The summed E-state index contributed by atoms with van der Waals surface area (Å²) in [5, 5.41) is 4.41. The van der Waals surface area contributed by atoms with Gasteiger partial charge in [-0.25, -0.2) is 4.79 Å². The van der Waals surface area contributed by atoms with Gasteiger partial charge in [-0.05, 0) is 48.5 Å². The molecule has 1 unspecified atom stereocenters. The molecule has 0 aromatic carbocycles. The second-order valence-electron chi connectivity index (χ2n) is 6.67. The maximum Gasteiger partial charge on any atom is 0.498 e. The van der Waals surface area contributed by atoms with Crippen molar-refractivity contribution in [3.05, 3.63) is 11.9 Å². The summed E-state index contributed by atoms with van der Waals surface area (Å²) >= 11 is 0. The average molecular weight is 308 g/mol. The maximum absolute atomic E-state index is 11.8. The van der Waals surface area contributed by atoms with Crippen molar-refractivity contribution in [3.8, 4) is 0 Å². The SMILES string of the molecule is CCOC(=O)C(C)n1cc(B2OC(C)(C)C(C)(C)O2)c(C)n1. The van der Waals surface area contributed by atoms with Gasteiger partial charge in [-0.15, -0.1) is 0 Å². The molecule has 0 spiro atoms. The van der Waals surface area contributed by atoms with Crippen LogP contribution in [0.15, 0.2) is 6.20 Å². The second kappa shape index (κ2) is 5.70. The van der Waals surface area contributed by atoms with Crippen molar-refractivity contribution in [1.82, 2.24) is 9.78 Å². The van der Waals surface area contributed by atoms with Crippen LogP contribution in [0.4, 0.5) is 0 Å². The highest BCUT2D eigenvalue weighted by Gasteiger charge is 2.52. The van der Waals surface area contributed by atoms with Crippen LogP contribution >= 0.6 is 0 Å². The summed E-state index contributed by atoms with van der Waals surface area (Å²) in [6, 6.07) is -0.477. The van der Waals surface area contributed by atoms with Crippen LogP contribution in [0.5, 0.6) is 0 Å². The van der Waals surface area contributed by atoms with E-state index >= 15 is 0 Å². The van der Waals surface area contributed by atoms with Crippen LogP contribution in [-0.2, 0) is 18.8 Å². The molecule has 122 valence electrons. The van der Waals surface area contributed by atoms with E-state index in [1.54, 1.807) is 24.7 Å². The number of hydrogen-bond donors (Lipinski definition) is 0. The van der Waals surface area contributed by atoms with E-state index in [4.69, 9.17) is 14.0 Å². The summed E-state index contributed by atoms with van der Waals surface area (Å²) in [6.45, 7) is 13.8. The number of hydrogen-bond acceptors (Lipinski definition) is 5. The summed E-state index contributed by atoms with van der Waals surface area (Å²) in [5.74, 6) is -0.300. The van der Waals surface area contributed by atoms with Crippen molar-refractivity contribution >= 4 is 18.6 Å². The average Bonchev–Trinajstić information content (AvgIpc) is 2.87. The van der Waals surface area contributed by atoms with Gasteiger partial charge in [-0.2, -0.15) is 5.10 Å². The molecule has 6 nitrogen and oxygen atoms in total. The van der Waals surface area contributed by atoms with Crippen molar-refractivity contribution in [1.29, 1.82) is 0 Å². The molecule has 2 rings (SSSR count). The highest BCUT2D eigenvalue weighted by molar-refractivity contribution is 6.62. The fourth-order valence-electron chi connectivity index (χ4n) is 2.27. The third kappa shape index (κ3) is 2.92. The Morgan fingerprint density at radius 1 is 1.36 bits per heavy atom. The minimum atomic E-state index is -0.479. The van der Waals surface area contributed by atoms with Gasteiger partial charge < -0.3 is 14.0 Å². The zero-order valence-corrected chi connectivity index (χ0v) is 14.5. The molecule has 0 N–H and O–H groups in total. The molecule has 0 saturated carbocycles. The topological polar surface area (TPSA) is 62.6 Å². The fourth-order valence-corrected chi connectivity index (χ4v) is 2.27. The summed E-state index contributed by atoms with van der Waals surface area (Å²) in [7, 11) is -0.479. The minimum Gasteiger partial charge on any atom is -0.464 e. The van der Waals surface area contributed by atoms with Crippen LogP contribution in [0.3, 0.4) is 0 Å². The number of esters is 1. The standard InChI is InChI=1S/C15H25BN2O4/c1-8-20-13(19)11(3)18-9-12(10(2)17-18)16-21-14(4,5)15(6,7)22-16/h9,11H,8H2,1-7H3. The van der Waals surface area contributed by atoms with Crippen LogP contribution in [0.1, 0.15) is 53.3 Å². The Bertz CT molecular complexity index is 552. The smallest absolute Gasteiger partial charge is 0.464 e. The van der Waals surface area contributed by atoms with E-state index < -0.39 is 24.4 Å². The predicted molar refractivity (Wildman–Crippen MR) is 84.0 cm³/mol. The Morgan fingerprint density at radius 3 is 2.41 bits per heavy atom. The molecule has 1 fully saturated rings. The maximum atomic E-state index is 11.8. The van der Waals surface area contributed by atoms with Crippen molar-refractivity contribution in [2.24, 2.45) is 0 Å². The molecule has 0 bridgehead atoms. The lowest BCUT2D eigenvalue weighted by Crippen LogP contribution is -2.41. The number of nitrogens with zero attached hydrogens (tertiary/aromatic N) is 2. The van der Waals surface area contributed by atoms with Gasteiger partial charge in [-0.3, -0.25) is 4.68 Å². The lowest BCUT2D eigenvalue weighted by atomic mass is 9.79. The molecule has 1 saturated heterocycles. The number of ether oxygens (including phenoxy) is 1. The first-order chi connectivity index (χ1) is 10.1. The van der Waals surface area contributed by atoms with E-state index in [0.29, 0.717) is 6.61 Å². The zero-order valence-electron chi connectivity index (χ0n) is 14.5. The Morgan fingerprint density at radius 2 is 1.91 bits per heavy atom. The van der Waals surface area contributed by atoms with Gasteiger partial charge in [0.05, 0.1) is 23.5 Å². The van der Waals surface area contributed by atoms with Crippen LogP contribution < -0.4 is 5.46 Å². The Labute approximate surface area is 132 Å². The third-order valence-electron chi connectivity index (χ3n) is 4.49. The number of carbonyl (C=O) groups is 1. The van der Waals surface area contributed by atoms with Gasteiger partial charge in [0, 0.05) is 11.7 Å². The van der Waals surface area contributed by atoms with Crippen molar-refractivity contribution in [3.63, 3.8) is 0 Å². The summed E-state index contributed by atoms with van der Waals surface area (Å²) in [5.41, 5.74) is 0.822. The molecular weight excluding hydrogens is 283 g/mol. The lowest BCUT2D eigenvalue weighted by Gasteiger charge is -2.32. The van der Waals surface area contributed by atoms with Crippen LogP contribution in [-0.4, -0.2) is 40.7 Å². The number of aryl methyl sites for hydroxylation is 1. The largest absolute Gasteiger partial charge is 0.498 e. The van der Waals surface area contributed by atoms with Crippen LogP contribution in [0.2, 0.25) is 0 Å². The minimum absolute atomic E-state index is 0.300. The van der Waals surface area contributed by atoms with E-state index in [0.717, 1.165) is 11.2 Å². The molecule has 1 aromatic heterocycles. The van der Waals surface area contributed by atoms with E-state index in [9.17, 15) is 4.79 Å². The van der Waals surface area contributed by atoms with Gasteiger partial charge in [0.15, 0.2) is 0 Å². The van der Waals surface area contributed by atoms with E-state index in [1.807, 2.05) is 34.6 Å². The fraction of sp³-hybridized carbons (Fsp3) is 0.733. The van der Waals surface area contributed by atoms with E-state index in [2.05, 4.69) is 5.10 Å². The van der Waals surface area contributed by atoms with Gasteiger partial charge in [0.1, 0.15) is 6.04 Å². The predicted octanol–water partition coefficient (Wildman–Crippen LogP) is 1.61. The molecule has 2 heterocycles. The number of carbonyl (C=O) groups excluding carboxylic acids is 1. The normalized spacial score (nSPS) is 21.0. The molecule has 0 radical (unpaired) electrons. The lowest BCUT2D eigenvalue weighted by molar-refractivity contribution is -0.146. The van der Waals surface area contributed by atoms with E-state index in [1.165, 1.54) is 0 Å². The molecule has 22 heavy (non-hydrogen) atoms. The molecule has 1 atom stereocenters. The molecular formula is C15H25BN2O4. The van der Waals surface area contributed by atoms with Crippen molar-refractivity contribution < 1.29 is 18.8 Å².